The molecule has 0 bridgehead atoms. The van der Waals surface area contributed by atoms with Crippen LogP contribution in [0.1, 0.15) is 11.3 Å². The Morgan fingerprint density at radius 3 is 2.38 bits per heavy atom. The number of rotatable bonds is 6. The minimum Gasteiger partial charge on any atom is -0.423 e. The number of nitrogens with zero attached hydrogens (tertiary/aromatic N) is 2. The van der Waals surface area contributed by atoms with Crippen molar-refractivity contribution in [3.63, 3.8) is 0 Å². The smallest absolute Gasteiger partial charge is 0.423 e. The van der Waals surface area contributed by atoms with Crippen molar-refractivity contribution >= 4 is 24.8 Å². The fourth-order valence-corrected chi connectivity index (χ4v) is 2.86. The Balaban J connectivity index is 2.14. The molecule has 0 amide bonds. The lowest BCUT2D eigenvalue weighted by atomic mass is 9.75. The first kappa shape index (κ1) is 21.2. The topological polar surface area (TPSA) is 103 Å². The second-order valence-electron chi connectivity index (χ2n) is 6.03. The summed E-state index contributed by atoms with van der Waals surface area (Å²) in [5.74, 6) is 0.276. The van der Waals surface area contributed by atoms with Crippen LogP contribution in [0.2, 0.25) is 0 Å². The van der Waals surface area contributed by atoms with Crippen molar-refractivity contribution in [1.29, 1.82) is 0 Å². The fourth-order valence-electron chi connectivity index (χ4n) is 2.74. The van der Waals surface area contributed by atoms with Crippen LogP contribution in [0.25, 0.3) is 16.9 Å². The highest BCUT2D eigenvalue weighted by molar-refractivity contribution is 7.92. The van der Waals surface area contributed by atoms with Gasteiger partial charge in [-0.15, -0.1) is 0 Å². The molecule has 3 aromatic rings. The molecular weight excluding hydrogens is 410 g/mol. The van der Waals surface area contributed by atoms with Crippen LogP contribution in [0, 0.1) is 6.92 Å². The quantitative estimate of drug-likeness (QED) is 0.183. The lowest BCUT2D eigenvalue weighted by molar-refractivity contribution is -0.141. The first-order valence-electron chi connectivity index (χ1n) is 8.15. The van der Waals surface area contributed by atoms with Gasteiger partial charge in [-0.25, -0.2) is 4.68 Å². The Morgan fingerprint density at radius 1 is 1.10 bits per heavy atom. The Kier molecular flexibility index (Phi) is 6.20. The lowest BCUT2D eigenvalue weighted by Crippen LogP contribution is -2.32. The lowest BCUT2D eigenvalue weighted by Gasteiger charge is -2.13. The number of halogens is 3. The van der Waals surface area contributed by atoms with E-state index in [4.69, 9.17) is 10.0 Å². The molecule has 7 nitrogen and oxygen atoms in total. The van der Waals surface area contributed by atoms with Crippen molar-refractivity contribution in [2.75, 3.05) is 0 Å². The van der Waals surface area contributed by atoms with E-state index in [-0.39, 0.29) is 22.5 Å². The van der Waals surface area contributed by atoms with Crippen molar-refractivity contribution in [3.8, 4) is 22.7 Å². The normalized spacial score (nSPS) is 11.6. The maximum absolute atomic E-state index is 13.3. The van der Waals surface area contributed by atoms with Crippen LogP contribution in [0.5, 0.6) is 5.75 Å². The third-order valence-corrected chi connectivity index (χ3v) is 4.16. The molecular formula is C17H15BF3N3O4S. The van der Waals surface area contributed by atoms with Gasteiger partial charge in [-0.2, -0.15) is 18.3 Å². The van der Waals surface area contributed by atoms with E-state index in [1.807, 2.05) is 0 Å². The van der Waals surface area contributed by atoms with E-state index >= 15 is 0 Å². The molecule has 0 spiro atoms. The highest BCUT2D eigenvalue weighted by Gasteiger charge is 2.36. The maximum atomic E-state index is 13.3. The SMILES string of the molecule is Cc1ccc(-c2cc(C(F)(F)F)nn2-c2ccc(OOSN)cc2)c(B(O)O)c1. The van der Waals surface area contributed by atoms with Crippen LogP contribution in [0.15, 0.2) is 48.5 Å². The minimum atomic E-state index is -4.68. The van der Waals surface area contributed by atoms with E-state index in [0.717, 1.165) is 16.3 Å². The predicted molar refractivity (Wildman–Crippen MR) is 102 cm³/mol. The molecule has 4 N–H and O–H groups in total. The molecule has 12 heteroatoms. The summed E-state index contributed by atoms with van der Waals surface area (Å²) >= 11 is 0.496. The fraction of sp³-hybridized carbons (Fsp3) is 0.118. The van der Waals surface area contributed by atoms with Crippen molar-refractivity contribution in [1.82, 2.24) is 9.78 Å². The van der Waals surface area contributed by atoms with Gasteiger partial charge in [0.1, 0.15) is 12.2 Å². The van der Waals surface area contributed by atoms with Crippen molar-refractivity contribution in [2.45, 2.75) is 13.1 Å². The Bertz CT molecular complexity index is 997. The number of hydrogen-bond donors (Lipinski definition) is 3. The van der Waals surface area contributed by atoms with Crippen molar-refractivity contribution in [2.24, 2.45) is 5.14 Å². The summed E-state index contributed by atoms with van der Waals surface area (Å²) in [6, 6.07) is 11.4. The number of benzene rings is 2. The monoisotopic (exact) mass is 425 g/mol. The third-order valence-electron chi connectivity index (χ3n) is 4.01. The van der Waals surface area contributed by atoms with Gasteiger partial charge in [0, 0.05) is 5.56 Å². The van der Waals surface area contributed by atoms with Gasteiger partial charge in [-0.3, -0.25) is 5.14 Å². The highest BCUT2D eigenvalue weighted by Crippen LogP contribution is 2.33. The summed E-state index contributed by atoms with van der Waals surface area (Å²) in [6.45, 7) is 1.73. The first-order chi connectivity index (χ1) is 13.7. The van der Waals surface area contributed by atoms with Crippen molar-refractivity contribution in [3.05, 3.63) is 59.8 Å². The van der Waals surface area contributed by atoms with Gasteiger partial charge < -0.3 is 14.9 Å². The Morgan fingerprint density at radius 2 is 1.79 bits per heavy atom. The standard InChI is InChI=1S/C17H15BF3N3O4S/c1-10-2-7-13(14(8-10)18(25)26)15-9-16(17(19,20)21)23-24(15)11-3-5-12(6-4-11)27-28-29-22/h2-9,25-26H,22H2,1H3. The molecule has 0 atom stereocenters. The van der Waals surface area contributed by atoms with Gasteiger partial charge in [0.2, 0.25) is 0 Å². The maximum Gasteiger partial charge on any atom is 0.489 e. The third kappa shape index (κ3) is 4.74. The zero-order valence-corrected chi connectivity index (χ0v) is 15.7. The molecule has 0 fully saturated rings. The van der Waals surface area contributed by atoms with Gasteiger partial charge in [-0.05, 0) is 42.7 Å². The molecule has 0 unspecified atom stereocenters. The van der Waals surface area contributed by atoms with Crippen LogP contribution in [-0.4, -0.2) is 26.9 Å². The molecule has 2 aromatic carbocycles. The average Bonchev–Trinajstić information content (AvgIpc) is 3.12. The van der Waals surface area contributed by atoms with E-state index < -0.39 is 19.0 Å². The van der Waals surface area contributed by atoms with Crippen LogP contribution >= 0.6 is 12.2 Å². The summed E-state index contributed by atoms with van der Waals surface area (Å²) < 4.78 is 45.5. The van der Waals surface area contributed by atoms with Crippen LogP contribution in [0.3, 0.4) is 0 Å². The molecule has 0 saturated carbocycles. The highest BCUT2D eigenvalue weighted by atomic mass is 32.2. The molecule has 1 heterocycles. The van der Waals surface area contributed by atoms with Crippen LogP contribution < -0.4 is 15.5 Å². The van der Waals surface area contributed by atoms with Crippen molar-refractivity contribution < 1.29 is 32.4 Å². The molecule has 152 valence electrons. The number of aromatic nitrogens is 2. The average molecular weight is 425 g/mol. The summed E-state index contributed by atoms with van der Waals surface area (Å²) in [5.41, 5.74) is 0.211. The molecule has 0 saturated heterocycles. The predicted octanol–water partition coefficient (Wildman–Crippen LogP) is 2.38. The van der Waals surface area contributed by atoms with E-state index in [0.29, 0.717) is 17.9 Å². The molecule has 1 aromatic heterocycles. The van der Waals surface area contributed by atoms with Crippen LogP contribution in [-0.2, 0) is 10.5 Å². The molecule has 0 aliphatic rings. The molecule has 29 heavy (non-hydrogen) atoms. The van der Waals surface area contributed by atoms with Crippen LogP contribution in [0.4, 0.5) is 13.2 Å². The number of alkyl halides is 3. The zero-order chi connectivity index (χ0) is 21.2. The Labute approximate surface area is 168 Å². The summed E-state index contributed by atoms with van der Waals surface area (Å²) in [5, 5.41) is 28.2. The molecule has 0 aliphatic heterocycles. The number of aryl methyl sites for hydroxylation is 1. The number of nitrogens with two attached hydrogens (primary N) is 1. The van der Waals surface area contributed by atoms with Gasteiger partial charge >= 0.3 is 13.3 Å². The molecule has 0 radical (unpaired) electrons. The summed E-state index contributed by atoms with van der Waals surface area (Å²) in [7, 11) is -1.87. The zero-order valence-electron chi connectivity index (χ0n) is 14.9. The molecule has 3 rings (SSSR count). The summed E-state index contributed by atoms with van der Waals surface area (Å²) in [4.78, 5) is 4.85. The van der Waals surface area contributed by atoms with E-state index in [2.05, 4.69) is 9.43 Å². The molecule has 0 aliphatic carbocycles. The van der Waals surface area contributed by atoms with Gasteiger partial charge in [0.15, 0.2) is 11.4 Å². The van der Waals surface area contributed by atoms with E-state index in [9.17, 15) is 23.2 Å². The van der Waals surface area contributed by atoms with Gasteiger partial charge in [0.05, 0.1) is 11.4 Å². The van der Waals surface area contributed by atoms with E-state index in [1.165, 1.54) is 36.4 Å². The van der Waals surface area contributed by atoms with Gasteiger partial charge in [0.25, 0.3) is 0 Å². The Hall–Kier alpha value is -2.51. The second-order valence-corrected chi connectivity index (χ2v) is 6.36. The number of hydrogen-bond acceptors (Lipinski definition) is 7. The van der Waals surface area contributed by atoms with Gasteiger partial charge in [-0.1, -0.05) is 28.1 Å². The van der Waals surface area contributed by atoms with E-state index in [1.54, 1.807) is 13.0 Å². The second kappa shape index (κ2) is 8.47. The summed E-state index contributed by atoms with van der Waals surface area (Å²) in [6.07, 6.45) is -4.68. The first-order valence-corrected chi connectivity index (χ1v) is 8.96. The minimum absolute atomic E-state index is 0.0443. The largest absolute Gasteiger partial charge is 0.489 e.